The van der Waals surface area contributed by atoms with E-state index in [1.54, 1.807) is 0 Å². The number of aromatic nitrogens is 2. The zero-order valence-corrected chi connectivity index (χ0v) is 12.6. The highest BCUT2D eigenvalue weighted by Crippen LogP contribution is 2.34. The zero-order chi connectivity index (χ0) is 13.8. The van der Waals surface area contributed by atoms with Crippen LogP contribution in [0.3, 0.4) is 0 Å². The van der Waals surface area contributed by atoms with Crippen molar-refractivity contribution < 1.29 is 4.52 Å². The fourth-order valence-corrected chi connectivity index (χ4v) is 3.30. The minimum absolute atomic E-state index is 0.537. The highest BCUT2D eigenvalue weighted by molar-refractivity contribution is 4.99. The van der Waals surface area contributed by atoms with Gasteiger partial charge in [-0.05, 0) is 44.6 Å². The number of nitrogens with zero attached hydrogens (tertiary/aromatic N) is 2. The van der Waals surface area contributed by atoms with Gasteiger partial charge in [-0.3, -0.25) is 0 Å². The third-order valence-corrected chi connectivity index (χ3v) is 4.70. The predicted molar refractivity (Wildman–Crippen MR) is 78.6 cm³/mol. The first-order valence-electron chi connectivity index (χ1n) is 8.42. The molecule has 1 heterocycles. The molecule has 1 aromatic rings. The summed E-state index contributed by atoms with van der Waals surface area (Å²) in [4.78, 5) is 4.67. The van der Waals surface area contributed by atoms with E-state index in [9.17, 15) is 0 Å². The lowest BCUT2D eigenvalue weighted by Gasteiger charge is -2.17. The molecule has 1 N–H and O–H groups in total. The molecule has 0 amide bonds. The van der Waals surface area contributed by atoms with Crippen LogP contribution in [0.5, 0.6) is 0 Å². The lowest BCUT2D eigenvalue weighted by Crippen LogP contribution is -2.33. The molecule has 0 aliphatic heterocycles. The van der Waals surface area contributed by atoms with Crippen LogP contribution in [0.2, 0.25) is 0 Å². The monoisotopic (exact) mass is 277 g/mol. The van der Waals surface area contributed by atoms with Gasteiger partial charge in [0.05, 0.1) is 0 Å². The Kier molecular flexibility index (Phi) is 4.71. The van der Waals surface area contributed by atoms with Crippen LogP contribution in [-0.4, -0.2) is 22.7 Å². The quantitative estimate of drug-likeness (QED) is 0.829. The van der Waals surface area contributed by atoms with Crippen LogP contribution in [0, 0.1) is 5.92 Å². The van der Waals surface area contributed by atoms with Gasteiger partial charge in [0, 0.05) is 18.4 Å². The molecule has 2 aliphatic rings. The van der Waals surface area contributed by atoms with E-state index in [-0.39, 0.29) is 0 Å². The van der Waals surface area contributed by atoms with Crippen LogP contribution >= 0.6 is 0 Å². The molecule has 112 valence electrons. The van der Waals surface area contributed by atoms with Gasteiger partial charge in [-0.25, -0.2) is 0 Å². The minimum atomic E-state index is 0.537. The van der Waals surface area contributed by atoms with Gasteiger partial charge in [-0.1, -0.05) is 31.3 Å². The van der Waals surface area contributed by atoms with Crippen molar-refractivity contribution in [3.8, 4) is 0 Å². The predicted octanol–water partition coefficient (Wildman–Crippen LogP) is 3.44. The summed E-state index contributed by atoms with van der Waals surface area (Å²) in [6.45, 7) is 3.30. The second kappa shape index (κ2) is 6.70. The molecule has 3 rings (SSSR count). The largest absolute Gasteiger partial charge is 0.339 e. The Labute approximate surface area is 121 Å². The van der Waals surface area contributed by atoms with Crippen molar-refractivity contribution >= 4 is 0 Å². The smallest absolute Gasteiger partial charge is 0.228 e. The van der Waals surface area contributed by atoms with Gasteiger partial charge in [-0.2, -0.15) is 4.98 Å². The van der Waals surface area contributed by atoms with E-state index in [4.69, 9.17) is 4.52 Å². The molecule has 4 heteroatoms. The van der Waals surface area contributed by atoms with Crippen molar-refractivity contribution in [1.29, 1.82) is 0 Å². The fraction of sp³-hybridized carbons (Fsp3) is 0.875. The van der Waals surface area contributed by atoms with Crippen LogP contribution in [0.25, 0.3) is 0 Å². The Balaban J connectivity index is 1.57. The second-order valence-electron chi connectivity index (χ2n) is 6.48. The lowest BCUT2D eigenvalue weighted by molar-refractivity contribution is 0.336. The molecular formula is C16H27N3O. The Bertz CT molecular complexity index is 408. The first-order chi connectivity index (χ1) is 9.86. The van der Waals surface area contributed by atoms with Crippen LogP contribution in [0.1, 0.15) is 75.9 Å². The molecule has 2 aliphatic carbocycles. The average molecular weight is 277 g/mol. The number of nitrogens with one attached hydrogen (secondary N) is 1. The molecule has 1 atom stereocenters. The van der Waals surface area contributed by atoms with Crippen LogP contribution in [0.4, 0.5) is 0 Å². The van der Waals surface area contributed by atoms with Crippen LogP contribution < -0.4 is 5.32 Å². The summed E-state index contributed by atoms with van der Waals surface area (Å²) in [6.07, 6.45) is 11.3. The van der Waals surface area contributed by atoms with Gasteiger partial charge in [-0.15, -0.1) is 0 Å². The Morgan fingerprint density at radius 1 is 1.20 bits per heavy atom. The summed E-state index contributed by atoms with van der Waals surface area (Å²) < 4.78 is 5.51. The van der Waals surface area contributed by atoms with Gasteiger partial charge >= 0.3 is 0 Å². The molecule has 1 unspecified atom stereocenters. The van der Waals surface area contributed by atoms with Crippen molar-refractivity contribution in [3.05, 3.63) is 11.7 Å². The Morgan fingerprint density at radius 2 is 2.00 bits per heavy atom. The van der Waals surface area contributed by atoms with Crippen molar-refractivity contribution in [1.82, 2.24) is 15.5 Å². The van der Waals surface area contributed by atoms with E-state index in [0.29, 0.717) is 12.0 Å². The first-order valence-corrected chi connectivity index (χ1v) is 8.42. The molecule has 0 bridgehead atoms. The maximum absolute atomic E-state index is 5.51. The highest BCUT2D eigenvalue weighted by Gasteiger charge is 2.32. The molecular weight excluding hydrogens is 250 g/mol. The van der Waals surface area contributed by atoms with Gasteiger partial charge < -0.3 is 9.84 Å². The third kappa shape index (κ3) is 3.60. The molecule has 0 radical (unpaired) electrons. The molecule has 20 heavy (non-hydrogen) atoms. The van der Waals surface area contributed by atoms with Gasteiger partial charge in [0.25, 0.3) is 0 Å². The molecule has 2 fully saturated rings. The van der Waals surface area contributed by atoms with Crippen molar-refractivity contribution in [3.63, 3.8) is 0 Å². The fourth-order valence-electron chi connectivity index (χ4n) is 3.30. The molecule has 1 aromatic heterocycles. The maximum atomic E-state index is 5.51. The summed E-state index contributed by atoms with van der Waals surface area (Å²) in [5.74, 6) is 3.17. The minimum Gasteiger partial charge on any atom is -0.339 e. The molecule has 2 saturated carbocycles. The summed E-state index contributed by atoms with van der Waals surface area (Å²) in [7, 11) is 0. The van der Waals surface area contributed by atoms with E-state index < -0.39 is 0 Å². The van der Waals surface area contributed by atoms with Gasteiger partial charge in [0.15, 0.2) is 5.82 Å². The molecule has 0 spiro atoms. The third-order valence-electron chi connectivity index (χ3n) is 4.70. The van der Waals surface area contributed by atoms with Crippen molar-refractivity contribution in [2.24, 2.45) is 5.92 Å². The molecule has 4 nitrogen and oxygen atoms in total. The summed E-state index contributed by atoms with van der Waals surface area (Å²) >= 11 is 0. The highest BCUT2D eigenvalue weighted by atomic mass is 16.5. The number of hydrogen-bond donors (Lipinski definition) is 1. The van der Waals surface area contributed by atoms with Gasteiger partial charge in [0.2, 0.25) is 5.89 Å². The second-order valence-corrected chi connectivity index (χ2v) is 6.48. The van der Waals surface area contributed by atoms with E-state index in [1.807, 2.05) is 0 Å². The van der Waals surface area contributed by atoms with E-state index in [1.165, 1.54) is 51.4 Å². The van der Waals surface area contributed by atoms with Crippen molar-refractivity contribution in [2.75, 3.05) is 6.54 Å². The molecule has 0 aromatic carbocycles. The van der Waals surface area contributed by atoms with E-state index >= 15 is 0 Å². The lowest BCUT2D eigenvalue weighted by atomic mass is 9.89. The van der Waals surface area contributed by atoms with Crippen LogP contribution in [-0.2, 0) is 6.42 Å². The average Bonchev–Trinajstić information content (AvgIpc) is 3.23. The van der Waals surface area contributed by atoms with E-state index in [2.05, 4.69) is 22.4 Å². The first kappa shape index (κ1) is 14.1. The molecule has 0 saturated heterocycles. The van der Waals surface area contributed by atoms with Gasteiger partial charge in [0.1, 0.15) is 0 Å². The van der Waals surface area contributed by atoms with Crippen LogP contribution in [0.15, 0.2) is 4.52 Å². The van der Waals surface area contributed by atoms with E-state index in [0.717, 1.165) is 30.6 Å². The number of rotatable bonds is 7. The standard InChI is InChI=1S/C16H27N3O/c1-2-10-17-14(12-8-9-12)11-15-18-16(19-20-15)13-6-4-3-5-7-13/h12-14,17H,2-11H2,1H3. The zero-order valence-electron chi connectivity index (χ0n) is 12.6. The SMILES string of the molecule is CCCNC(Cc1nc(C2CCCCC2)no1)C1CC1. The van der Waals surface area contributed by atoms with Crippen molar-refractivity contribution in [2.45, 2.75) is 76.7 Å². The summed E-state index contributed by atoms with van der Waals surface area (Å²) in [6, 6.07) is 0.537. The number of hydrogen-bond acceptors (Lipinski definition) is 4. The normalized spacial score (nSPS) is 22.1. The summed E-state index contributed by atoms with van der Waals surface area (Å²) in [5, 5.41) is 7.88. The summed E-state index contributed by atoms with van der Waals surface area (Å²) in [5.41, 5.74) is 0. The Morgan fingerprint density at radius 3 is 2.70 bits per heavy atom. The maximum Gasteiger partial charge on any atom is 0.228 e. The Hall–Kier alpha value is -0.900. The topological polar surface area (TPSA) is 51.0 Å².